The molecule has 0 radical (unpaired) electrons. The van der Waals surface area contributed by atoms with E-state index in [1.807, 2.05) is 6.92 Å². The molecule has 0 spiro atoms. The van der Waals surface area contributed by atoms with Gasteiger partial charge in [-0.25, -0.2) is 9.97 Å². The summed E-state index contributed by atoms with van der Waals surface area (Å²) in [5.74, 6) is 0.188. The lowest BCUT2D eigenvalue weighted by Gasteiger charge is -2.07. The zero-order valence-corrected chi connectivity index (χ0v) is 9.91. The Kier molecular flexibility index (Phi) is 3.13. The minimum absolute atomic E-state index is 0.142. The minimum Gasteiger partial charge on any atom is -0.367 e. The zero-order valence-electron chi connectivity index (χ0n) is 9.91. The van der Waals surface area contributed by atoms with Gasteiger partial charge in [0.25, 0.3) is 0 Å². The van der Waals surface area contributed by atoms with Crippen LogP contribution in [0.15, 0.2) is 24.8 Å². The SMILES string of the molecule is CNc1ncnc(-c2cnccc2C)c1[N+](=O)[O-]. The number of hydrogen-bond acceptors (Lipinski definition) is 6. The van der Waals surface area contributed by atoms with Crippen LogP contribution < -0.4 is 5.32 Å². The van der Waals surface area contributed by atoms with Gasteiger partial charge >= 0.3 is 5.69 Å². The maximum Gasteiger partial charge on any atom is 0.337 e. The predicted molar refractivity (Wildman–Crippen MR) is 66.2 cm³/mol. The molecule has 18 heavy (non-hydrogen) atoms. The fourth-order valence-electron chi connectivity index (χ4n) is 1.64. The summed E-state index contributed by atoms with van der Waals surface area (Å²) in [5.41, 5.74) is 1.62. The van der Waals surface area contributed by atoms with E-state index in [0.29, 0.717) is 5.56 Å². The van der Waals surface area contributed by atoms with E-state index in [9.17, 15) is 10.1 Å². The van der Waals surface area contributed by atoms with Crippen molar-refractivity contribution in [2.45, 2.75) is 6.92 Å². The molecule has 92 valence electrons. The number of pyridine rings is 1. The molecular weight excluding hydrogens is 234 g/mol. The van der Waals surface area contributed by atoms with Gasteiger partial charge in [-0.2, -0.15) is 0 Å². The van der Waals surface area contributed by atoms with Crippen molar-refractivity contribution in [3.63, 3.8) is 0 Å². The second-order valence-electron chi connectivity index (χ2n) is 3.62. The standard InChI is InChI=1S/C11H11N5O2/c1-7-3-4-13-5-8(7)9-10(16(17)18)11(12-2)15-6-14-9/h3-6H,1-2H3,(H,12,14,15). The van der Waals surface area contributed by atoms with Crippen LogP contribution in [0.1, 0.15) is 5.56 Å². The Bertz CT molecular complexity index is 600. The topological polar surface area (TPSA) is 93.8 Å². The smallest absolute Gasteiger partial charge is 0.337 e. The first-order valence-corrected chi connectivity index (χ1v) is 5.23. The predicted octanol–water partition coefficient (Wildman–Crippen LogP) is 1.80. The number of aryl methyl sites for hydroxylation is 1. The van der Waals surface area contributed by atoms with Crippen molar-refractivity contribution in [1.82, 2.24) is 15.0 Å². The van der Waals surface area contributed by atoms with Crippen LogP contribution in [0, 0.1) is 17.0 Å². The molecule has 7 nitrogen and oxygen atoms in total. The second-order valence-corrected chi connectivity index (χ2v) is 3.62. The molecule has 0 aromatic carbocycles. The van der Waals surface area contributed by atoms with Crippen LogP contribution in [0.3, 0.4) is 0 Å². The molecule has 0 aliphatic carbocycles. The van der Waals surface area contributed by atoms with E-state index in [1.165, 1.54) is 6.33 Å². The van der Waals surface area contributed by atoms with Gasteiger partial charge in [0.1, 0.15) is 6.33 Å². The molecule has 0 bridgehead atoms. The van der Waals surface area contributed by atoms with Crippen molar-refractivity contribution in [2.75, 3.05) is 12.4 Å². The van der Waals surface area contributed by atoms with Crippen molar-refractivity contribution in [1.29, 1.82) is 0 Å². The third kappa shape index (κ3) is 1.97. The fraction of sp³-hybridized carbons (Fsp3) is 0.182. The highest BCUT2D eigenvalue weighted by atomic mass is 16.6. The molecular formula is C11H11N5O2. The van der Waals surface area contributed by atoms with Crippen LogP contribution in [0.2, 0.25) is 0 Å². The molecule has 1 N–H and O–H groups in total. The van der Waals surface area contributed by atoms with Crippen LogP contribution in [0.4, 0.5) is 11.5 Å². The molecule has 0 unspecified atom stereocenters. The molecule has 0 saturated carbocycles. The zero-order chi connectivity index (χ0) is 13.1. The number of nitro groups is 1. The highest BCUT2D eigenvalue weighted by molar-refractivity contribution is 5.77. The third-order valence-electron chi connectivity index (χ3n) is 2.54. The van der Waals surface area contributed by atoms with Crippen LogP contribution >= 0.6 is 0 Å². The lowest BCUT2D eigenvalue weighted by atomic mass is 10.1. The van der Waals surface area contributed by atoms with Crippen molar-refractivity contribution in [3.8, 4) is 11.3 Å². The number of nitrogens with one attached hydrogen (secondary N) is 1. The van der Waals surface area contributed by atoms with E-state index in [2.05, 4.69) is 20.3 Å². The quantitative estimate of drug-likeness (QED) is 0.654. The molecule has 0 fully saturated rings. The largest absolute Gasteiger partial charge is 0.367 e. The molecule has 0 saturated heterocycles. The van der Waals surface area contributed by atoms with Gasteiger partial charge in [0, 0.05) is 25.0 Å². The number of aromatic nitrogens is 3. The number of anilines is 1. The van der Waals surface area contributed by atoms with Crippen molar-refractivity contribution in [2.24, 2.45) is 0 Å². The lowest BCUT2D eigenvalue weighted by molar-refractivity contribution is -0.383. The van der Waals surface area contributed by atoms with Gasteiger partial charge < -0.3 is 5.32 Å². The van der Waals surface area contributed by atoms with Crippen LogP contribution in [0.5, 0.6) is 0 Å². The highest BCUT2D eigenvalue weighted by Gasteiger charge is 2.24. The summed E-state index contributed by atoms with van der Waals surface area (Å²) < 4.78 is 0. The molecule has 0 aliphatic rings. The van der Waals surface area contributed by atoms with Gasteiger partial charge in [-0.3, -0.25) is 15.1 Å². The van der Waals surface area contributed by atoms with Gasteiger partial charge in [0.15, 0.2) is 5.69 Å². The van der Waals surface area contributed by atoms with E-state index >= 15 is 0 Å². The van der Waals surface area contributed by atoms with Gasteiger partial charge in [-0.15, -0.1) is 0 Å². The fourth-order valence-corrected chi connectivity index (χ4v) is 1.64. The summed E-state index contributed by atoms with van der Waals surface area (Å²) in [7, 11) is 1.58. The Balaban J connectivity index is 2.72. The van der Waals surface area contributed by atoms with E-state index in [0.717, 1.165) is 5.56 Å². The van der Waals surface area contributed by atoms with Crippen LogP contribution in [0.25, 0.3) is 11.3 Å². The lowest BCUT2D eigenvalue weighted by Crippen LogP contribution is -2.03. The normalized spacial score (nSPS) is 10.1. The van der Waals surface area contributed by atoms with Crippen molar-refractivity contribution in [3.05, 3.63) is 40.5 Å². The van der Waals surface area contributed by atoms with Gasteiger partial charge in [0.05, 0.1) is 4.92 Å². The molecule has 2 heterocycles. The maximum atomic E-state index is 11.2. The Morgan fingerprint density at radius 3 is 2.78 bits per heavy atom. The van der Waals surface area contributed by atoms with Crippen LogP contribution in [-0.4, -0.2) is 26.9 Å². The molecule has 0 amide bonds. The molecule has 0 aliphatic heterocycles. The monoisotopic (exact) mass is 245 g/mol. The minimum atomic E-state index is -0.492. The summed E-state index contributed by atoms with van der Waals surface area (Å²) in [6, 6.07) is 1.78. The van der Waals surface area contributed by atoms with E-state index < -0.39 is 4.92 Å². The van der Waals surface area contributed by atoms with Crippen molar-refractivity contribution >= 4 is 11.5 Å². The molecule has 2 rings (SSSR count). The van der Waals surface area contributed by atoms with Gasteiger partial charge in [-0.1, -0.05) is 0 Å². The molecule has 2 aromatic rings. The first-order chi connectivity index (χ1) is 8.65. The van der Waals surface area contributed by atoms with Gasteiger partial charge in [-0.05, 0) is 18.6 Å². The molecule has 0 atom stereocenters. The second kappa shape index (κ2) is 4.74. The summed E-state index contributed by atoms with van der Waals surface area (Å²) in [4.78, 5) is 22.5. The summed E-state index contributed by atoms with van der Waals surface area (Å²) in [6.45, 7) is 1.85. The summed E-state index contributed by atoms with van der Waals surface area (Å²) in [6.07, 6.45) is 4.48. The van der Waals surface area contributed by atoms with Crippen LogP contribution in [-0.2, 0) is 0 Å². The first kappa shape index (κ1) is 11.9. The van der Waals surface area contributed by atoms with E-state index in [4.69, 9.17) is 0 Å². The maximum absolute atomic E-state index is 11.2. The molecule has 7 heteroatoms. The Morgan fingerprint density at radius 1 is 1.39 bits per heavy atom. The Morgan fingerprint density at radius 2 is 2.17 bits per heavy atom. The number of hydrogen-bond donors (Lipinski definition) is 1. The third-order valence-corrected chi connectivity index (χ3v) is 2.54. The summed E-state index contributed by atoms with van der Waals surface area (Å²) in [5, 5.41) is 13.8. The number of rotatable bonds is 3. The highest BCUT2D eigenvalue weighted by Crippen LogP contribution is 2.33. The Hall–Kier alpha value is -2.57. The first-order valence-electron chi connectivity index (χ1n) is 5.23. The summed E-state index contributed by atoms with van der Waals surface area (Å²) >= 11 is 0. The average Bonchev–Trinajstić information content (AvgIpc) is 2.38. The Labute approximate surface area is 103 Å². The average molecular weight is 245 g/mol. The van der Waals surface area contributed by atoms with Crippen molar-refractivity contribution < 1.29 is 4.92 Å². The van der Waals surface area contributed by atoms with E-state index in [1.54, 1.807) is 25.5 Å². The van der Waals surface area contributed by atoms with E-state index in [-0.39, 0.29) is 17.2 Å². The van der Waals surface area contributed by atoms with Gasteiger partial charge in [0.2, 0.25) is 5.82 Å². The number of nitrogens with zero attached hydrogens (tertiary/aromatic N) is 4. The molecule has 2 aromatic heterocycles.